The number of sulfonamides is 1. The van der Waals surface area contributed by atoms with Crippen LogP contribution in [0, 0.1) is 5.82 Å². The van der Waals surface area contributed by atoms with Crippen molar-refractivity contribution in [1.82, 2.24) is 0 Å². The second kappa shape index (κ2) is 5.27. The van der Waals surface area contributed by atoms with E-state index in [-0.39, 0.29) is 11.4 Å². The lowest BCUT2D eigenvalue weighted by molar-refractivity contribution is 0.568. The molecule has 0 saturated carbocycles. The summed E-state index contributed by atoms with van der Waals surface area (Å²) in [6.07, 6.45) is 1.05. The normalized spacial score (nSPS) is 12.2. The van der Waals surface area contributed by atoms with Gasteiger partial charge in [-0.15, -0.1) is 0 Å². The van der Waals surface area contributed by atoms with Crippen molar-refractivity contribution in [2.24, 2.45) is 4.40 Å². The molecule has 0 unspecified atom stereocenters. The van der Waals surface area contributed by atoms with Crippen LogP contribution in [0.1, 0.15) is 5.76 Å². The molecule has 1 heterocycles. The molecule has 0 aliphatic carbocycles. The summed E-state index contributed by atoms with van der Waals surface area (Å²) >= 11 is 0. The number of furan rings is 1. The summed E-state index contributed by atoms with van der Waals surface area (Å²) in [6.45, 7) is 0. The van der Waals surface area contributed by atoms with Crippen molar-refractivity contribution < 1.29 is 17.2 Å². The number of nitrogens with zero attached hydrogens (tertiary/aromatic N) is 1. The second-order valence-electron chi connectivity index (χ2n) is 4.59. The van der Waals surface area contributed by atoms with Crippen molar-refractivity contribution in [3.63, 3.8) is 0 Å². The van der Waals surface area contributed by atoms with Crippen LogP contribution in [0.4, 0.5) is 10.1 Å². The van der Waals surface area contributed by atoms with E-state index in [4.69, 9.17) is 10.2 Å². The van der Waals surface area contributed by atoms with E-state index in [9.17, 15) is 12.8 Å². The Kier molecular flexibility index (Phi) is 3.42. The molecule has 0 fully saturated rings. The van der Waals surface area contributed by atoms with Crippen LogP contribution in [0.2, 0.25) is 0 Å². The minimum absolute atomic E-state index is 0.137. The van der Waals surface area contributed by atoms with Crippen molar-refractivity contribution in [3.05, 3.63) is 60.1 Å². The maximum atomic E-state index is 13.7. The Morgan fingerprint density at radius 1 is 1.14 bits per heavy atom. The molecule has 2 N–H and O–H groups in total. The van der Waals surface area contributed by atoms with Gasteiger partial charge in [0.25, 0.3) is 10.0 Å². The summed E-state index contributed by atoms with van der Waals surface area (Å²) in [4.78, 5) is -0.533. The van der Waals surface area contributed by atoms with Gasteiger partial charge >= 0.3 is 0 Å². The molecule has 0 radical (unpaired) electrons. The predicted molar refractivity (Wildman–Crippen MR) is 81.8 cm³/mol. The van der Waals surface area contributed by atoms with Gasteiger partial charge in [0.2, 0.25) is 0 Å². The topological polar surface area (TPSA) is 85.7 Å². The smallest absolute Gasteiger partial charge is 0.285 e. The van der Waals surface area contributed by atoms with E-state index in [0.29, 0.717) is 5.58 Å². The summed E-state index contributed by atoms with van der Waals surface area (Å²) in [7, 11) is -4.16. The summed E-state index contributed by atoms with van der Waals surface area (Å²) in [5, 5.41) is 0.819. The third-order valence-corrected chi connectivity index (χ3v) is 4.27. The van der Waals surface area contributed by atoms with E-state index in [1.807, 2.05) is 12.1 Å². The molecule has 0 saturated heterocycles. The van der Waals surface area contributed by atoms with Gasteiger partial charge in [0.1, 0.15) is 22.1 Å². The molecule has 1 aromatic heterocycles. The number of anilines is 1. The SMILES string of the molecule is Nc1ccc(S(=O)(=O)N=Cc2cc3ccccc3o2)c(F)c1. The van der Waals surface area contributed by atoms with Gasteiger partial charge in [0, 0.05) is 11.1 Å². The standard InChI is InChI=1S/C15H11FN2O3S/c16-13-8-11(17)5-6-15(13)22(19,20)18-9-12-7-10-3-1-2-4-14(10)21-12/h1-9H,17H2. The average Bonchev–Trinajstić information content (AvgIpc) is 2.87. The lowest BCUT2D eigenvalue weighted by Crippen LogP contribution is -2.01. The minimum atomic E-state index is -4.16. The number of fused-ring (bicyclic) bond motifs is 1. The molecular formula is C15H11FN2O3S. The summed E-state index contributed by atoms with van der Waals surface area (Å²) < 4.78 is 46.6. The van der Waals surface area contributed by atoms with Crippen LogP contribution >= 0.6 is 0 Å². The minimum Gasteiger partial charge on any atom is -0.455 e. The van der Waals surface area contributed by atoms with E-state index < -0.39 is 20.7 Å². The first-order valence-electron chi connectivity index (χ1n) is 6.30. The van der Waals surface area contributed by atoms with Gasteiger partial charge in [-0.1, -0.05) is 18.2 Å². The molecular weight excluding hydrogens is 307 g/mol. The number of nitrogen functional groups attached to an aromatic ring is 1. The van der Waals surface area contributed by atoms with Crippen molar-refractivity contribution in [2.75, 3.05) is 5.73 Å². The molecule has 0 spiro atoms. The average molecular weight is 318 g/mol. The van der Waals surface area contributed by atoms with Crippen LogP contribution in [-0.4, -0.2) is 14.6 Å². The number of para-hydroxylation sites is 1. The molecule has 112 valence electrons. The third-order valence-electron chi connectivity index (χ3n) is 3.00. The van der Waals surface area contributed by atoms with Crippen LogP contribution in [-0.2, 0) is 10.0 Å². The fourth-order valence-corrected chi connectivity index (χ4v) is 2.87. The zero-order valence-corrected chi connectivity index (χ0v) is 12.0. The maximum absolute atomic E-state index is 13.7. The van der Waals surface area contributed by atoms with Gasteiger partial charge in [-0.2, -0.15) is 12.8 Å². The van der Waals surface area contributed by atoms with Crippen LogP contribution in [0.3, 0.4) is 0 Å². The summed E-state index contributed by atoms with van der Waals surface area (Å²) in [5.74, 6) is -0.678. The second-order valence-corrected chi connectivity index (χ2v) is 6.19. The van der Waals surface area contributed by atoms with Gasteiger partial charge < -0.3 is 10.2 Å². The molecule has 2 aromatic carbocycles. The number of nitrogens with two attached hydrogens (primary N) is 1. The molecule has 3 aromatic rings. The van der Waals surface area contributed by atoms with Crippen LogP contribution in [0.5, 0.6) is 0 Å². The Hall–Kier alpha value is -2.67. The first kappa shape index (κ1) is 14.3. The van der Waals surface area contributed by atoms with Crippen molar-refractivity contribution in [3.8, 4) is 0 Å². The monoisotopic (exact) mass is 318 g/mol. The van der Waals surface area contributed by atoms with Crippen molar-refractivity contribution in [1.29, 1.82) is 0 Å². The molecule has 22 heavy (non-hydrogen) atoms. The number of halogens is 1. The van der Waals surface area contributed by atoms with Crippen LogP contribution in [0.15, 0.2) is 62.2 Å². The first-order valence-corrected chi connectivity index (χ1v) is 7.74. The van der Waals surface area contributed by atoms with E-state index in [0.717, 1.165) is 23.7 Å². The van der Waals surface area contributed by atoms with Gasteiger partial charge in [-0.25, -0.2) is 4.39 Å². The van der Waals surface area contributed by atoms with E-state index in [2.05, 4.69) is 4.40 Å². The molecule has 7 heteroatoms. The van der Waals surface area contributed by atoms with Gasteiger partial charge in [-0.3, -0.25) is 0 Å². The Labute approximate surface area is 125 Å². The lowest BCUT2D eigenvalue weighted by Gasteiger charge is -2.01. The summed E-state index contributed by atoms with van der Waals surface area (Å²) in [5.41, 5.74) is 6.14. The molecule has 0 aliphatic heterocycles. The Morgan fingerprint density at radius 3 is 2.64 bits per heavy atom. The van der Waals surface area contributed by atoms with Gasteiger partial charge in [0.15, 0.2) is 0 Å². The van der Waals surface area contributed by atoms with E-state index in [1.165, 1.54) is 6.07 Å². The number of hydrogen-bond donors (Lipinski definition) is 1. The Balaban J connectivity index is 1.96. The van der Waals surface area contributed by atoms with Crippen LogP contribution < -0.4 is 5.73 Å². The number of hydrogen-bond acceptors (Lipinski definition) is 4. The number of benzene rings is 2. The molecule has 3 rings (SSSR count). The first-order chi connectivity index (χ1) is 10.5. The largest absolute Gasteiger partial charge is 0.455 e. The molecule has 0 amide bonds. The zero-order valence-electron chi connectivity index (χ0n) is 11.2. The molecule has 0 bridgehead atoms. The van der Waals surface area contributed by atoms with Crippen LogP contribution in [0.25, 0.3) is 11.0 Å². The van der Waals surface area contributed by atoms with E-state index in [1.54, 1.807) is 18.2 Å². The van der Waals surface area contributed by atoms with E-state index >= 15 is 0 Å². The molecule has 5 nitrogen and oxygen atoms in total. The lowest BCUT2D eigenvalue weighted by atomic mass is 10.2. The third kappa shape index (κ3) is 2.71. The highest BCUT2D eigenvalue weighted by Crippen LogP contribution is 2.21. The van der Waals surface area contributed by atoms with Crippen molar-refractivity contribution in [2.45, 2.75) is 4.90 Å². The molecule has 0 aliphatic rings. The fraction of sp³-hybridized carbons (Fsp3) is 0. The molecule has 0 atom stereocenters. The Bertz CT molecular complexity index is 944. The number of rotatable bonds is 3. The van der Waals surface area contributed by atoms with Gasteiger partial charge in [-0.05, 0) is 30.3 Å². The van der Waals surface area contributed by atoms with Gasteiger partial charge in [0.05, 0.1) is 6.21 Å². The van der Waals surface area contributed by atoms with Crippen molar-refractivity contribution >= 4 is 32.9 Å². The highest BCUT2D eigenvalue weighted by atomic mass is 32.2. The maximum Gasteiger partial charge on any atom is 0.285 e. The highest BCUT2D eigenvalue weighted by Gasteiger charge is 2.17. The highest BCUT2D eigenvalue weighted by molar-refractivity contribution is 7.90. The Morgan fingerprint density at radius 2 is 1.91 bits per heavy atom. The fourth-order valence-electron chi connectivity index (χ4n) is 1.97. The predicted octanol–water partition coefficient (Wildman–Crippen LogP) is 2.96. The summed E-state index contributed by atoms with van der Waals surface area (Å²) in [6, 6.07) is 12.2. The quantitative estimate of drug-likeness (QED) is 0.594. The zero-order chi connectivity index (χ0) is 15.7.